The third-order valence-electron chi connectivity index (χ3n) is 5.18. The zero-order chi connectivity index (χ0) is 20.5. The van der Waals surface area contributed by atoms with E-state index in [0.29, 0.717) is 5.11 Å². The molecule has 1 saturated heterocycles. The lowest BCUT2D eigenvalue weighted by molar-refractivity contribution is 0.548. The predicted octanol–water partition coefficient (Wildman–Crippen LogP) is 4.58. The van der Waals surface area contributed by atoms with Crippen LogP contribution in [0.5, 0.6) is 0 Å². The second-order valence-electron chi connectivity index (χ2n) is 6.96. The number of nitrogens with one attached hydrogen (secondary N) is 1. The topological polar surface area (TPSA) is 46.0 Å². The van der Waals surface area contributed by atoms with Gasteiger partial charge in [-0.25, -0.2) is 9.37 Å². The van der Waals surface area contributed by atoms with Gasteiger partial charge < -0.3 is 14.8 Å². The minimum atomic E-state index is -0.286. The van der Waals surface area contributed by atoms with Crippen LogP contribution in [-0.2, 0) is 0 Å². The van der Waals surface area contributed by atoms with Crippen LogP contribution in [0, 0.1) is 5.82 Å². The number of hydrogen-bond donors (Lipinski definition) is 1. The summed E-state index contributed by atoms with van der Waals surface area (Å²) in [6, 6.07) is 21.7. The first-order valence-electron chi connectivity index (χ1n) is 9.57. The van der Waals surface area contributed by atoms with Crippen molar-refractivity contribution in [1.82, 2.24) is 19.9 Å². The Labute approximate surface area is 178 Å². The number of benzene rings is 1. The molecule has 7 heteroatoms. The van der Waals surface area contributed by atoms with Crippen LogP contribution in [0.2, 0.25) is 0 Å². The summed E-state index contributed by atoms with van der Waals surface area (Å²) in [5.74, 6) is 0.528. The lowest BCUT2D eigenvalue weighted by Gasteiger charge is -2.28. The van der Waals surface area contributed by atoms with Crippen molar-refractivity contribution in [2.24, 2.45) is 0 Å². The van der Waals surface area contributed by atoms with E-state index in [0.717, 1.165) is 22.9 Å². The van der Waals surface area contributed by atoms with Gasteiger partial charge >= 0.3 is 0 Å². The molecule has 5 nitrogen and oxygen atoms in total. The number of thiocarbonyl (C=S) groups is 1. The van der Waals surface area contributed by atoms with Gasteiger partial charge in [-0.15, -0.1) is 0 Å². The first kappa shape index (κ1) is 18.4. The fraction of sp³-hybridized carbons (Fsp3) is 0.0870. The monoisotopic (exact) mass is 415 g/mol. The molecular formula is C23H18FN5S. The molecule has 0 amide bonds. The van der Waals surface area contributed by atoms with Gasteiger partial charge in [-0.2, -0.15) is 0 Å². The van der Waals surface area contributed by atoms with Crippen molar-refractivity contribution >= 4 is 23.0 Å². The second-order valence-corrected chi connectivity index (χ2v) is 7.35. The van der Waals surface area contributed by atoms with Gasteiger partial charge in [0.05, 0.1) is 11.7 Å². The van der Waals surface area contributed by atoms with Crippen molar-refractivity contribution in [3.05, 3.63) is 109 Å². The molecule has 1 aromatic carbocycles. The fourth-order valence-corrected chi connectivity index (χ4v) is 4.22. The van der Waals surface area contributed by atoms with Crippen molar-refractivity contribution in [1.29, 1.82) is 0 Å². The molecule has 0 radical (unpaired) electrons. The normalized spacial score (nSPS) is 18.4. The summed E-state index contributed by atoms with van der Waals surface area (Å²) in [4.78, 5) is 11.1. The molecule has 1 aliphatic heterocycles. The molecule has 0 unspecified atom stereocenters. The number of halogens is 1. The molecule has 30 heavy (non-hydrogen) atoms. The van der Waals surface area contributed by atoms with E-state index in [1.807, 2.05) is 58.1 Å². The van der Waals surface area contributed by atoms with E-state index in [2.05, 4.69) is 21.4 Å². The van der Waals surface area contributed by atoms with Gasteiger partial charge in [0.15, 0.2) is 5.11 Å². The molecule has 0 bridgehead atoms. The van der Waals surface area contributed by atoms with E-state index < -0.39 is 0 Å². The Kier molecular flexibility index (Phi) is 4.72. The van der Waals surface area contributed by atoms with E-state index in [1.54, 1.807) is 24.5 Å². The van der Waals surface area contributed by atoms with Crippen molar-refractivity contribution in [2.45, 2.75) is 12.1 Å². The number of aromatic nitrogens is 3. The van der Waals surface area contributed by atoms with Crippen LogP contribution in [0.4, 0.5) is 10.1 Å². The molecule has 4 aromatic rings. The van der Waals surface area contributed by atoms with Crippen LogP contribution in [0.15, 0.2) is 91.4 Å². The lowest BCUT2D eigenvalue weighted by Crippen LogP contribution is -2.30. The summed E-state index contributed by atoms with van der Waals surface area (Å²) in [7, 11) is 0. The zero-order valence-electron chi connectivity index (χ0n) is 15.9. The number of hydrogen-bond acceptors (Lipinski definition) is 3. The third kappa shape index (κ3) is 3.23. The molecule has 3 aromatic heterocycles. The van der Waals surface area contributed by atoms with Crippen molar-refractivity contribution in [2.75, 3.05) is 4.90 Å². The molecular weight excluding hydrogens is 397 g/mol. The molecule has 1 fully saturated rings. The summed E-state index contributed by atoms with van der Waals surface area (Å²) in [6.45, 7) is 0. The average molecular weight is 415 g/mol. The van der Waals surface area contributed by atoms with Gasteiger partial charge in [0.1, 0.15) is 17.7 Å². The van der Waals surface area contributed by atoms with Gasteiger partial charge in [0.25, 0.3) is 0 Å². The third-order valence-corrected chi connectivity index (χ3v) is 5.50. The summed E-state index contributed by atoms with van der Waals surface area (Å²) >= 11 is 5.71. The maximum absolute atomic E-state index is 13.6. The Hall–Kier alpha value is -3.58. The van der Waals surface area contributed by atoms with Gasteiger partial charge in [-0.3, -0.25) is 4.98 Å². The molecule has 1 N–H and O–H groups in total. The Morgan fingerprint density at radius 2 is 1.63 bits per heavy atom. The van der Waals surface area contributed by atoms with Crippen molar-refractivity contribution in [3.8, 4) is 5.82 Å². The molecule has 0 saturated carbocycles. The van der Waals surface area contributed by atoms with Gasteiger partial charge in [0, 0.05) is 30.0 Å². The summed E-state index contributed by atoms with van der Waals surface area (Å²) in [5, 5.41) is 3.98. The highest BCUT2D eigenvalue weighted by atomic mass is 32.1. The molecule has 1 aliphatic rings. The highest BCUT2D eigenvalue weighted by Crippen LogP contribution is 2.42. The molecule has 0 spiro atoms. The highest BCUT2D eigenvalue weighted by Gasteiger charge is 2.42. The number of rotatable bonds is 4. The van der Waals surface area contributed by atoms with Crippen LogP contribution in [-0.4, -0.2) is 19.6 Å². The molecule has 5 rings (SSSR count). The maximum atomic E-state index is 13.6. The van der Waals surface area contributed by atoms with E-state index >= 15 is 0 Å². The van der Waals surface area contributed by atoms with Crippen LogP contribution in [0.1, 0.15) is 23.5 Å². The Morgan fingerprint density at radius 3 is 2.33 bits per heavy atom. The number of nitrogens with zero attached hydrogens (tertiary/aromatic N) is 4. The van der Waals surface area contributed by atoms with E-state index in [9.17, 15) is 4.39 Å². The summed E-state index contributed by atoms with van der Waals surface area (Å²) < 4.78 is 15.6. The minimum absolute atomic E-state index is 0.180. The van der Waals surface area contributed by atoms with Crippen LogP contribution >= 0.6 is 12.2 Å². The lowest BCUT2D eigenvalue weighted by atomic mass is 10.0. The van der Waals surface area contributed by atoms with E-state index in [1.165, 1.54) is 12.1 Å². The number of pyridine rings is 2. The van der Waals surface area contributed by atoms with Gasteiger partial charge in [-0.1, -0.05) is 12.1 Å². The fourth-order valence-electron chi connectivity index (χ4n) is 3.88. The second kappa shape index (κ2) is 7.68. The standard InChI is InChI=1S/C23H18FN5S/c24-16-9-11-17(12-10-16)29-22(21(27-23(29)30)18-6-1-3-13-25-18)19-7-5-15-28(19)20-8-2-4-14-26-20/h1-15,21-22H,(H,27,30)/t21-,22+/m0/s1. The van der Waals surface area contributed by atoms with Crippen molar-refractivity contribution in [3.63, 3.8) is 0 Å². The SMILES string of the molecule is Fc1ccc(N2C(=S)N[C@@H](c3ccccn3)[C@H]2c2cccn2-c2ccccn2)cc1. The molecule has 148 valence electrons. The van der Waals surface area contributed by atoms with Gasteiger partial charge in [-0.05, 0) is 72.9 Å². The summed E-state index contributed by atoms with van der Waals surface area (Å²) in [5.41, 5.74) is 2.69. The molecule has 2 atom stereocenters. The first-order valence-corrected chi connectivity index (χ1v) is 9.98. The van der Waals surface area contributed by atoms with E-state index in [-0.39, 0.29) is 17.9 Å². The summed E-state index contributed by atoms with van der Waals surface area (Å²) in [6.07, 6.45) is 5.53. The largest absolute Gasteiger partial charge is 0.351 e. The predicted molar refractivity (Wildman–Crippen MR) is 118 cm³/mol. The molecule has 4 heterocycles. The Bertz CT molecular complexity index is 1160. The van der Waals surface area contributed by atoms with Crippen LogP contribution in [0.25, 0.3) is 5.82 Å². The Balaban J connectivity index is 1.67. The van der Waals surface area contributed by atoms with E-state index in [4.69, 9.17) is 12.2 Å². The van der Waals surface area contributed by atoms with Crippen LogP contribution in [0.3, 0.4) is 0 Å². The minimum Gasteiger partial charge on any atom is -0.351 e. The average Bonchev–Trinajstić information content (AvgIpc) is 3.40. The van der Waals surface area contributed by atoms with Crippen LogP contribution < -0.4 is 10.2 Å². The van der Waals surface area contributed by atoms with Gasteiger partial charge in [0.2, 0.25) is 0 Å². The quantitative estimate of drug-likeness (QED) is 0.494. The van der Waals surface area contributed by atoms with Crippen molar-refractivity contribution < 1.29 is 4.39 Å². The first-order chi connectivity index (χ1) is 14.7. The zero-order valence-corrected chi connectivity index (χ0v) is 16.7. The number of anilines is 1. The molecule has 0 aliphatic carbocycles. The smallest absolute Gasteiger partial charge is 0.174 e. The highest BCUT2D eigenvalue weighted by molar-refractivity contribution is 7.80. The Morgan fingerprint density at radius 1 is 0.867 bits per heavy atom. The maximum Gasteiger partial charge on any atom is 0.174 e.